The Morgan fingerprint density at radius 3 is 2.71 bits per heavy atom. The van der Waals surface area contributed by atoms with Crippen LogP contribution in [-0.2, 0) is 13.1 Å². The number of aromatic nitrogens is 2. The van der Waals surface area contributed by atoms with Crippen molar-refractivity contribution in [1.82, 2.24) is 9.13 Å². The van der Waals surface area contributed by atoms with E-state index < -0.39 is 17.2 Å². The molecule has 0 radical (unpaired) electrons. The van der Waals surface area contributed by atoms with Gasteiger partial charge >= 0.3 is 11.7 Å². The van der Waals surface area contributed by atoms with Crippen LogP contribution in [0, 0.1) is 23.2 Å². The highest BCUT2D eigenvalue weighted by molar-refractivity contribution is 5.89. The number of hydrogen-bond donors (Lipinski definition) is 2. The highest BCUT2D eigenvalue weighted by atomic mass is 16.4. The molecule has 9 heteroatoms. The molecule has 0 unspecified atom stereocenters. The number of anilines is 1. The minimum atomic E-state index is -1.20. The second-order valence-corrected chi connectivity index (χ2v) is 7.36. The van der Waals surface area contributed by atoms with Crippen LogP contribution >= 0.6 is 0 Å². The standard InChI is InChI=1S/C22H23N5O4/c1-2-3-9-26-19(25-8-4-5-17(24)14-25)11-20(28)27(22(26)31)13-16-10-15(12-23)6-7-18(16)21(29)30/h6-7,10-11,17H,4-5,8-9,13-14,24H2,1H3,(H,29,30)/t17-/m1/s1. The average molecular weight is 421 g/mol. The Labute approximate surface area is 178 Å². The molecule has 0 amide bonds. The summed E-state index contributed by atoms with van der Waals surface area (Å²) in [4.78, 5) is 39.7. The van der Waals surface area contributed by atoms with Gasteiger partial charge in [0, 0.05) is 25.2 Å². The van der Waals surface area contributed by atoms with Crippen molar-refractivity contribution >= 4 is 11.8 Å². The second kappa shape index (κ2) is 9.33. The molecule has 160 valence electrons. The van der Waals surface area contributed by atoms with Gasteiger partial charge in [-0.05, 0) is 43.5 Å². The SMILES string of the molecule is CC#CCn1c(N2CCC[C@@H](N)C2)cc(=O)n(Cc2cc(C#N)ccc2C(=O)O)c1=O. The third-order valence-electron chi connectivity index (χ3n) is 5.25. The molecule has 0 aliphatic carbocycles. The van der Waals surface area contributed by atoms with E-state index in [0.29, 0.717) is 18.9 Å². The molecule has 3 N–H and O–H groups in total. The maximum absolute atomic E-state index is 13.3. The normalized spacial score (nSPS) is 15.6. The second-order valence-electron chi connectivity index (χ2n) is 7.36. The van der Waals surface area contributed by atoms with Gasteiger partial charge in [-0.25, -0.2) is 9.59 Å². The van der Waals surface area contributed by atoms with E-state index in [0.717, 1.165) is 17.4 Å². The maximum Gasteiger partial charge on any atom is 0.336 e. The van der Waals surface area contributed by atoms with E-state index in [-0.39, 0.29) is 35.8 Å². The Balaban J connectivity index is 2.13. The van der Waals surface area contributed by atoms with Gasteiger partial charge in [-0.15, -0.1) is 5.92 Å². The highest BCUT2D eigenvalue weighted by Gasteiger charge is 2.22. The zero-order valence-electron chi connectivity index (χ0n) is 17.2. The first-order chi connectivity index (χ1) is 14.8. The molecule has 1 fully saturated rings. The van der Waals surface area contributed by atoms with Gasteiger partial charge in [0.15, 0.2) is 0 Å². The van der Waals surface area contributed by atoms with Gasteiger partial charge < -0.3 is 15.7 Å². The van der Waals surface area contributed by atoms with Crippen LogP contribution in [0.2, 0.25) is 0 Å². The fourth-order valence-electron chi connectivity index (χ4n) is 3.71. The van der Waals surface area contributed by atoms with Gasteiger partial charge in [0.1, 0.15) is 5.82 Å². The first-order valence-electron chi connectivity index (χ1n) is 9.86. The summed E-state index contributed by atoms with van der Waals surface area (Å²) in [7, 11) is 0. The molecule has 2 heterocycles. The number of hydrogen-bond acceptors (Lipinski definition) is 6. The van der Waals surface area contributed by atoms with Crippen molar-refractivity contribution < 1.29 is 9.90 Å². The number of benzene rings is 1. The molecule has 0 spiro atoms. The van der Waals surface area contributed by atoms with Crippen LogP contribution in [0.3, 0.4) is 0 Å². The summed E-state index contributed by atoms with van der Waals surface area (Å²) in [6, 6.07) is 7.32. The minimum Gasteiger partial charge on any atom is -0.478 e. The van der Waals surface area contributed by atoms with E-state index in [9.17, 15) is 19.5 Å². The molecule has 9 nitrogen and oxygen atoms in total. The number of nitrogens with zero attached hydrogens (tertiary/aromatic N) is 4. The first-order valence-corrected chi connectivity index (χ1v) is 9.86. The molecule has 1 saturated heterocycles. The summed E-state index contributed by atoms with van der Waals surface area (Å²) in [5, 5.41) is 18.6. The number of carboxylic acids is 1. The summed E-state index contributed by atoms with van der Waals surface area (Å²) in [5.74, 6) is 4.86. The monoisotopic (exact) mass is 421 g/mol. The Morgan fingerprint density at radius 2 is 2.06 bits per heavy atom. The third kappa shape index (κ3) is 4.68. The summed E-state index contributed by atoms with van der Waals surface area (Å²) >= 11 is 0. The van der Waals surface area contributed by atoms with E-state index >= 15 is 0 Å². The molecule has 31 heavy (non-hydrogen) atoms. The van der Waals surface area contributed by atoms with E-state index in [1.807, 2.05) is 11.0 Å². The van der Waals surface area contributed by atoms with Crippen molar-refractivity contribution in [3.63, 3.8) is 0 Å². The molecular formula is C22H23N5O4. The largest absolute Gasteiger partial charge is 0.478 e. The van der Waals surface area contributed by atoms with E-state index in [1.165, 1.54) is 28.8 Å². The predicted molar refractivity (Wildman–Crippen MR) is 115 cm³/mol. The fraction of sp³-hybridized carbons (Fsp3) is 0.364. The number of rotatable bonds is 5. The third-order valence-corrected chi connectivity index (χ3v) is 5.25. The molecule has 1 atom stereocenters. The van der Waals surface area contributed by atoms with Crippen LogP contribution in [0.25, 0.3) is 0 Å². The van der Waals surface area contributed by atoms with Crippen molar-refractivity contribution in [1.29, 1.82) is 5.26 Å². The number of nitrogens with two attached hydrogens (primary N) is 1. The van der Waals surface area contributed by atoms with Crippen LogP contribution in [0.1, 0.15) is 41.3 Å². The smallest absolute Gasteiger partial charge is 0.336 e. The van der Waals surface area contributed by atoms with Crippen LogP contribution in [0.15, 0.2) is 33.9 Å². The molecule has 1 aromatic heterocycles. The highest BCUT2D eigenvalue weighted by Crippen LogP contribution is 2.18. The van der Waals surface area contributed by atoms with Gasteiger partial charge in [-0.1, -0.05) is 5.92 Å². The molecule has 1 aliphatic rings. The summed E-state index contributed by atoms with van der Waals surface area (Å²) < 4.78 is 2.37. The lowest BCUT2D eigenvalue weighted by Crippen LogP contribution is -2.48. The first kappa shape index (κ1) is 21.9. The van der Waals surface area contributed by atoms with Gasteiger partial charge in [-0.2, -0.15) is 5.26 Å². The molecular weight excluding hydrogens is 398 g/mol. The Kier molecular flexibility index (Phi) is 6.58. The fourth-order valence-corrected chi connectivity index (χ4v) is 3.71. The maximum atomic E-state index is 13.3. The topological polar surface area (TPSA) is 134 Å². The lowest BCUT2D eigenvalue weighted by atomic mass is 10.0. The van der Waals surface area contributed by atoms with Crippen molar-refractivity contribution in [2.24, 2.45) is 5.73 Å². The number of piperidine rings is 1. The molecule has 1 aliphatic heterocycles. The summed E-state index contributed by atoms with van der Waals surface area (Å²) in [6.07, 6.45) is 1.72. The van der Waals surface area contributed by atoms with Gasteiger partial charge in [0.05, 0.1) is 30.3 Å². The van der Waals surface area contributed by atoms with Gasteiger partial charge in [-0.3, -0.25) is 13.9 Å². The lowest BCUT2D eigenvalue weighted by molar-refractivity contribution is 0.0695. The van der Waals surface area contributed by atoms with Crippen molar-refractivity contribution in [2.45, 2.75) is 38.9 Å². The zero-order chi connectivity index (χ0) is 22.5. The number of carbonyl (C=O) groups is 1. The number of nitriles is 1. The summed E-state index contributed by atoms with van der Waals surface area (Å²) in [5.41, 5.74) is 5.29. The summed E-state index contributed by atoms with van der Waals surface area (Å²) in [6.45, 7) is 2.66. The number of carboxylic acid groups (broad SMARTS) is 1. The predicted octanol–water partition coefficient (Wildman–Crippen LogP) is 0.579. The van der Waals surface area contributed by atoms with E-state index in [1.54, 1.807) is 6.92 Å². The molecule has 2 aromatic rings. The van der Waals surface area contributed by atoms with Crippen molar-refractivity contribution in [3.05, 3.63) is 61.8 Å². The van der Waals surface area contributed by atoms with Gasteiger partial charge in [0.2, 0.25) is 0 Å². The zero-order valence-corrected chi connectivity index (χ0v) is 17.2. The lowest BCUT2D eigenvalue weighted by Gasteiger charge is -2.33. The molecule has 1 aromatic carbocycles. The Hall–Kier alpha value is -3.82. The quantitative estimate of drug-likeness (QED) is 0.674. The van der Waals surface area contributed by atoms with Crippen LogP contribution in [-0.4, -0.2) is 39.3 Å². The number of aromatic carboxylic acids is 1. The molecule has 3 rings (SSSR count). The Bertz CT molecular complexity index is 1230. The minimum absolute atomic E-state index is 0.0520. The Morgan fingerprint density at radius 1 is 1.29 bits per heavy atom. The van der Waals surface area contributed by atoms with Gasteiger partial charge in [0.25, 0.3) is 5.56 Å². The van der Waals surface area contributed by atoms with Crippen molar-refractivity contribution in [2.75, 3.05) is 18.0 Å². The van der Waals surface area contributed by atoms with Crippen LogP contribution in [0.4, 0.5) is 5.82 Å². The van der Waals surface area contributed by atoms with E-state index in [4.69, 9.17) is 11.0 Å². The molecule has 0 bridgehead atoms. The van der Waals surface area contributed by atoms with Crippen LogP contribution in [0.5, 0.6) is 0 Å². The average Bonchev–Trinajstić information content (AvgIpc) is 2.75. The van der Waals surface area contributed by atoms with Crippen molar-refractivity contribution in [3.8, 4) is 17.9 Å². The molecule has 0 saturated carbocycles. The van der Waals surface area contributed by atoms with Crippen LogP contribution < -0.4 is 21.9 Å². The van der Waals surface area contributed by atoms with E-state index in [2.05, 4.69) is 11.8 Å².